The van der Waals surface area contributed by atoms with Crippen LogP contribution in [0.15, 0.2) is 15.7 Å². The number of nitrogen functional groups attached to an aromatic ring is 1. The van der Waals surface area contributed by atoms with Crippen molar-refractivity contribution in [3.05, 3.63) is 26.9 Å². The second-order valence-electron chi connectivity index (χ2n) is 4.71. The Kier molecular flexibility index (Phi) is 2.61. The first-order chi connectivity index (χ1) is 7.50. The van der Waals surface area contributed by atoms with Crippen molar-refractivity contribution in [2.45, 2.75) is 32.7 Å². The number of nitrogens with two attached hydrogens (primary N) is 1. The highest BCUT2D eigenvalue weighted by atomic mass is 16.2. The van der Waals surface area contributed by atoms with Gasteiger partial charge in [0.2, 0.25) is 0 Å². The SMILES string of the molecule is CC1CCC(n2c(N)cc(=O)[nH]c2=O)C1C. The topological polar surface area (TPSA) is 80.9 Å². The van der Waals surface area contributed by atoms with Gasteiger partial charge in [-0.15, -0.1) is 0 Å². The minimum Gasteiger partial charge on any atom is -0.385 e. The number of nitrogens with one attached hydrogen (secondary N) is 1. The molecule has 0 radical (unpaired) electrons. The maximum atomic E-state index is 11.7. The van der Waals surface area contributed by atoms with E-state index in [-0.39, 0.29) is 11.9 Å². The van der Waals surface area contributed by atoms with Crippen LogP contribution in [0.2, 0.25) is 0 Å². The Balaban J connectivity index is 2.49. The highest BCUT2D eigenvalue weighted by Crippen LogP contribution is 2.39. The van der Waals surface area contributed by atoms with Crippen molar-refractivity contribution >= 4 is 5.82 Å². The molecule has 1 fully saturated rings. The molecule has 16 heavy (non-hydrogen) atoms. The molecule has 0 bridgehead atoms. The summed E-state index contributed by atoms with van der Waals surface area (Å²) in [7, 11) is 0. The maximum Gasteiger partial charge on any atom is 0.330 e. The van der Waals surface area contributed by atoms with E-state index in [0.717, 1.165) is 12.8 Å². The molecule has 3 N–H and O–H groups in total. The summed E-state index contributed by atoms with van der Waals surface area (Å²) in [6.45, 7) is 4.30. The molecule has 0 aromatic carbocycles. The lowest BCUT2D eigenvalue weighted by molar-refractivity contribution is 0.346. The smallest absolute Gasteiger partial charge is 0.330 e. The number of nitrogens with zero attached hydrogens (tertiary/aromatic N) is 1. The highest BCUT2D eigenvalue weighted by Gasteiger charge is 2.32. The summed E-state index contributed by atoms with van der Waals surface area (Å²) in [4.78, 5) is 25.1. The molecule has 0 aliphatic heterocycles. The van der Waals surface area contributed by atoms with Crippen molar-refractivity contribution in [3.8, 4) is 0 Å². The van der Waals surface area contributed by atoms with Crippen molar-refractivity contribution in [2.75, 3.05) is 5.73 Å². The summed E-state index contributed by atoms with van der Waals surface area (Å²) in [5, 5.41) is 0. The molecule has 1 aliphatic rings. The Hall–Kier alpha value is -1.52. The van der Waals surface area contributed by atoms with Gasteiger partial charge in [0.15, 0.2) is 0 Å². The maximum absolute atomic E-state index is 11.7. The van der Waals surface area contributed by atoms with Gasteiger partial charge in [0.1, 0.15) is 5.82 Å². The zero-order chi connectivity index (χ0) is 11.9. The van der Waals surface area contributed by atoms with E-state index in [0.29, 0.717) is 11.8 Å². The molecular formula is C11H17N3O2. The predicted octanol–water partition coefficient (Wildman–Crippen LogP) is 0.726. The number of H-pyrrole nitrogens is 1. The van der Waals surface area contributed by atoms with Gasteiger partial charge in [-0.2, -0.15) is 0 Å². The molecule has 0 amide bonds. The zero-order valence-electron chi connectivity index (χ0n) is 9.56. The largest absolute Gasteiger partial charge is 0.385 e. The van der Waals surface area contributed by atoms with Gasteiger partial charge in [-0.25, -0.2) is 4.79 Å². The van der Waals surface area contributed by atoms with E-state index in [2.05, 4.69) is 18.8 Å². The molecule has 0 saturated heterocycles. The molecule has 1 heterocycles. The van der Waals surface area contributed by atoms with Crippen LogP contribution in [0.5, 0.6) is 0 Å². The van der Waals surface area contributed by atoms with Crippen molar-refractivity contribution in [2.24, 2.45) is 11.8 Å². The van der Waals surface area contributed by atoms with E-state index in [1.165, 1.54) is 10.6 Å². The van der Waals surface area contributed by atoms with Gasteiger partial charge in [0, 0.05) is 12.1 Å². The van der Waals surface area contributed by atoms with Crippen LogP contribution in [0.1, 0.15) is 32.7 Å². The monoisotopic (exact) mass is 223 g/mol. The summed E-state index contributed by atoms with van der Waals surface area (Å²) >= 11 is 0. The van der Waals surface area contributed by atoms with Crippen LogP contribution in [0.3, 0.4) is 0 Å². The number of aromatic nitrogens is 2. The van der Waals surface area contributed by atoms with Crippen LogP contribution in [-0.4, -0.2) is 9.55 Å². The third-order valence-corrected chi connectivity index (χ3v) is 3.76. The highest BCUT2D eigenvalue weighted by molar-refractivity contribution is 5.27. The summed E-state index contributed by atoms with van der Waals surface area (Å²) in [5.74, 6) is 1.26. The first-order valence-corrected chi connectivity index (χ1v) is 5.62. The molecule has 3 atom stereocenters. The van der Waals surface area contributed by atoms with Crippen LogP contribution >= 0.6 is 0 Å². The van der Waals surface area contributed by atoms with Crippen LogP contribution in [0.25, 0.3) is 0 Å². The zero-order valence-corrected chi connectivity index (χ0v) is 9.56. The minimum absolute atomic E-state index is 0.111. The lowest BCUT2D eigenvalue weighted by Gasteiger charge is -2.21. The van der Waals surface area contributed by atoms with Crippen molar-refractivity contribution in [1.82, 2.24) is 9.55 Å². The number of hydrogen-bond acceptors (Lipinski definition) is 3. The number of anilines is 1. The molecule has 0 spiro atoms. The standard InChI is InChI=1S/C11H17N3O2/c1-6-3-4-8(7(6)2)14-9(12)5-10(15)13-11(14)16/h5-8H,3-4,12H2,1-2H3,(H,13,15,16). The lowest BCUT2D eigenvalue weighted by Crippen LogP contribution is -2.35. The second kappa shape index (κ2) is 3.81. The van der Waals surface area contributed by atoms with E-state index in [1.807, 2.05) is 0 Å². The fraction of sp³-hybridized carbons (Fsp3) is 0.636. The molecule has 2 rings (SSSR count). The van der Waals surface area contributed by atoms with Crippen molar-refractivity contribution < 1.29 is 0 Å². The molecule has 1 saturated carbocycles. The Bertz CT molecular complexity index is 503. The molecule has 5 nitrogen and oxygen atoms in total. The predicted molar refractivity (Wildman–Crippen MR) is 62.3 cm³/mol. The number of rotatable bonds is 1. The van der Waals surface area contributed by atoms with Crippen LogP contribution in [-0.2, 0) is 0 Å². The van der Waals surface area contributed by atoms with E-state index >= 15 is 0 Å². The molecule has 5 heteroatoms. The molecular weight excluding hydrogens is 206 g/mol. The fourth-order valence-corrected chi connectivity index (χ4v) is 2.57. The quantitative estimate of drug-likeness (QED) is 0.736. The van der Waals surface area contributed by atoms with Crippen molar-refractivity contribution in [1.29, 1.82) is 0 Å². The normalized spacial score (nSPS) is 29.5. The molecule has 1 aromatic rings. The molecule has 3 unspecified atom stereocenters. The lowest BCUT2D eigenvalue weighted by atomic mass is 9.97. The third-order valence-electron chi connectivity index (χ3n) is 3.76. The van der Waals surface area contributed by atoms with Crippen LogP contribution in [0.4, 0.5) is 5.82 Å². The van der Waals surface area contributed by atoms with E-state index in [4.69, 9.17) is 5.73 Å². The van der Waals surface area contributed by atoms with Gasteiger partial charge in [0.05, 0.1) is 0 Å². The van der Waals surface area contributed by atoms with Crippen LogP contribution < -0.4 is 17.0 Å². The fourth-order valence-electron chi connectivity index (χ4n) is 2.57. The number of aromatic amines is 1. The Labute approximate surface area is 93.3 Å². The number of hydrogen-bond donors (Lipinski definition) is 2. The Morgan fingerprint density at radius 3 is 2.56 bits per heavy atom. The Morgan fingerprint density at radius 2 is 2.06 bits per heavy atom. The third kappa shape index (κ3) is 1.66. The molecule has 1 aliphatic carbocycles. The minimum atomic E-state index is -0.433. The van der Waals surface area contributed by atoms with Crippen LogP contribution in [0, 0.1) is 11.8 Å². The van der Waals surface area contributed by atoms with Gasteiger partial charge in [-0.3, -0.25) is 14.3 Å². The average Bonchev–Trinajstić information content (AvgIpc) is 2.48. The van der Waals surface area contributed by atoms with Gasteiger partial charge in [0.25, 0.3) is 5.56 Å². The van der Waals surface area contributed by atoms with E-state index in [1.54, 1.807) is 0 Å². The summed E-state index contributed by atoms with van der Waals surface area (Å²) in [6.07, 6.45) is 2.04. The van der Waals surface area contributed by atoms with Gasteiger partial charge < -0.3 is 5.73 Å². The summed E-state index contributed by atoms with van der Waals surface area (Å²) in [6, 6.07) is 1.39. The van der Waals surface area contributed by atoms with Gasteiger partial charge in [-0.05, 0) is 24.7 Å². The van der Waals surface area contributed by atoms with Gasteiger partial charge in [-0.1, -0.05) is 13.8 Å². The van der Waals surface area contributed by atoms with E-state index < -0.39 is 11.2 Å². The van der Waals surface area contributed by atoms with Gasteiger partial charge >= 0.3 is 5.69 Å². The van der Waals surface area contributed by atoms with Crippen molar-refractivity contribution in [3.63, 3.8) is 0 Å². The Morgan fingerprint density at radius 1 is 1.38 bits per heavy atom. The summed E-state index contributed by atoms with van der Waals surface area (Å²) < 4.78 is 1.52. The molecule has 88 valence electrons. The first-order valence-electron chi connectivity index (χ1n) is 5.62. The second-order valence-corrected chi connectivity index (χ2v) is 4.71. The average molecular weight is 223 g/mol. The molecule has 1 aromatic heterocycles. The first kappa shape index (κ1) is 11.0. The summed E-state index contributed by atoms with van der Waals surface area (Å²) in [5.41, 5.74) is 4.93. The van der Waals surface area contributed by atoms with E-state index in [9.17, 15) is 9.59 Å².